The summed E-state index contributed by atoms with van der Waals surface area (Å²) >= 11 is 0. The Bertz CT molecular complexity index is 533. The van der Waals surface area contributed by atoms with Gasteiger partial charge in [-0.2, -0.15) is 17.4 Å². The van der Waals surface area contributed by atoms with Crippen LogP contribution in [0.4, 0.5) is 0 Å². The maximum absolute atomic E-state index is 12.6. The highest BCUT2D eigenvalue weighted by atomic mass is 32.2. The smallest absolute Gasteiger partial charge is 0.280 e. The van der Waals surface area contributed by atoms with Crippen LogP contribution in [0.1, 0.15) is 37.8 Å². The van der Waals surface area contributed by atoms with Crippen LogP contribution >= 0.6 is 0 Å². The number of nitrogens with one attached hydrogen (secondary N) is 2. The molecule has 0 amide bonds. The van der Waals surface area contributed by atoms with Gasteiger partial charge in [0.05, 0.1) is 0 Å². The van der Waals surface area contributed by atoms with E-state index in [0.29, 0.717) is 13.1 Å². The highest BCUT2D eigenvalue weighted by Gasteiger charge is 2.32. The summed E-state index contributed by atoms with van der Waals surface area (Å²) in [4.78, 5) is 4.03. The van der Waals surface area contributed by atoms with Crippen LogP contribution in [0.15, 0.2) is 24.5 Å². The summed E-state index contributed by atoms with van der Waals surface area (Å²) in [5.74, 6) is 0. The van der Waals surface area contributed by atoms with Gasteiger partial charge >= 0.3 is 0 Å². The Kier molecular flexibility index (Phi) is 5.69. The lowest BCUT2D eigenvalue weighted by molar-refractivity contribution is 0.245. The number of pyridine rings is 1. The molecule has 1 fully saturated rings. The molecular weight excluding hydrogens is 288 g/mol. The Balaban J connectivity index is 2.09. The van der Waals surface area contributed by atoms with Gasteiger partial charge in [-0.15, -0.1) is 0 Å². The first-order chi connectivity index (χ1) is 10.0. The number of piperidine rings is 1. The predicted octanol–water partition coefficient (Wildman–Crippen LogP) is 1.05. The molecule has 0 aliphatic carbocycles. The molecule has 2 unspecified atom stereocenters. The van der Waals surface area contributed by atoms with Gasteiger partial charge in [0.25, 0.3) is 10.2 Å². The van der Waals surface area contributed by atoms with E-state index in [-0.39, 0.29) is 12.1 Å². The second kappa shape index (κ2) is 7.31. The molecule has 2 rings (SSSR count). The third-order valence-electron chi connectivity index (χ3n) is 3.83. The van der Waals surface area contributed by atoms with Gasteiger partial charge in [-0.3, -0.25) is 4.98 Å². The second-order valence-corrected chi connectivity index (χ2v) is 7.10. The van der Waals surface area contributed by atoms with Crippen molar-refractivity contribution in [3.8, 4) is 0 Å². The summed E-state index contributed by atoms with van der Waals surface area (Å²) in [7, 11) is -1.63. The molecule has 0 radical (unpaired) electrons. The first-order valence-corrected chi connectivity index (χ1v) is 8.82. The Labute approximate surface area is 127 Å². The van der Waals surface area contributed by atoms with Crippen molar-refractivity contribution in [3.05, 3.63) is 30.1 Å². The predicted molar refractivity (Wildman–Crippen MR) is 83.0 cm³/mol. The molecule has 2 heterocycles. The third-order valence-corrected chi connectivity index (χ3v) is 5.58. The zero-order valence-electron chi connectivity index (χ0n) is 12.6. The van der Waals surface area contributed by atoms with Gasteiger partial charge in [0.1, 0.15) is 0 Å². The van der Waals surface area contributed by atoms with Gasteiger partial charge in [0.2, 0.25) is 0 Å². The lowest BCUT2D eigenvalue weighted by Crippen LogP contribution is -2.52. The fourth-order valence-corrected chi connectivity index (χ4v) is 4.38. The Morgan fingerprint density at radius 1 is 1.48 bits per heavy atom. The normalized spacial score (nSPS) is 22.1. The average Bonchev–Trinajstić information content (AvgIpc) is 2.48. The summed E-state index contributed by atoms with van der Waals surface area (Å²) in [6.07, 6.45) is 6.27. The van der Waals surface area contributed by atoms with Crippen LogP contribution in [0.3, 0.4) is 0 Å². The van der Waals surface area contributed by atoms with E-state index in [1.54, 1.807) is 16.7 Å². The largest absolute Gasteiger partial charge is 0.318 e. The minimum absolute atomic E-state index is 0.0300. The molecule has 2 N–H and O–H groups in total. The molecule has 7 heteroatoms. The molecule has 1 aliphatic heterocycles. The van der Waals surface area contributed by atoms with E-state index >= 15 is 0 Å². The lowest BCUT2D eigenvalue weighted by Gasteiger charge is -2.35. The molecule has 1 aliphatic rings. The third kappa shape index (κ3) is 4.23. The highest BCUT2D eigenvalue weighted by molar-refractivity contribution is 7.87. The SMILES string of the molecule is CNCC1CCCCN1S(=O)(=O)NC(C)c1cccnc1. The van der Waals surface area contributed by atoms with E-state index in [1.807, 2.05) is 26.1 Å². The summed E-state index contributed by atoms with van der Waals surface area (Å²) in [5, 5.41) is 3.08. The van der Waals surface area contributed by atoms with Gasteiger partial charge in [-0.05, 0) is 38.4 Å². The fraction of sp³-hybridized carbons (Fsp3) is 0.643. The van der Waals surface area contributed by atoms with Crippen LogP contribution in [0, 0.1) is 0 Å². The molecule has 0 saturated carbocycles. The standard InChI is InChI=1S/C14H24N4O2S/c1-12(13-6-5-8-16-10-13)17-21(19,20)18-9-4-3-7-14(18)11-15-2/h5-6,8,10,12,14-15,17H,3-4,7,9,11H2,1-2H3. The number of rotatable bonds is 6. The molecule has 2 atom stereocenters. The van der Waals surface area contributed by atoms with Crippen molar-refractivity contribution >= 4 is 10.2 Å². The number of aromatic nitrogens is 1. The molecule has 118 valence electrons. The molecular formula is C14H24N4O2S. The number of nitrogens with zero attached hydrogens (tertiary/aromatic N) is 2. The number of likely N-dealkylation sites (N-methyl/N-ethyl adjacent to an activating group) is 1. The summed E-state index contributed by atoms with van der Waals surface area (Å²) in [5.41, 5.74) is 0.864. The maximum atomic E-state index is 12.6. The summed E-state index contributed by atoms with van der Waals surface area (Å²) in [6, 6.07) is 3.43. The second-order valence-electron chi connectivity index (χ2n) is 5.45. The van der Waals surface area contributed by atoms with Crippen LogP contribution in [0.5, 0.6) is 0 Å². The zero-order chi connectivity index (χ0) is 15.3. The van der Waals surface area contributed by atoms with Gasteiger partial charge in [0, 0.05) is 37.6 Å². The zero-order valence-corrected chi connectivity index (χ0v) is 13.4. The van der Waals surface area contributed by atoms with Gasteiger partial charge in [-0.1, -0.05) is 12.5 Å². The first kappa shape index (κ1) is 16.4. The van der Waals surface area contributed by atoms with Crippen molar-refractivity contribution in [2.45, 2.75) is 38.3 Å². The minimum atomic E-state index is -3.49. The average molecular weight is 312 g/mol. The Morgan fingerprint density at radius 3 is 2.95 bits per heavy atom. The van der Waals surface area contributed by atoms with Crippen LogP contribution in [-0.2, 0) is 10.2 Å². The first-order valence-electron chi connectivity index (χ1n) is 7.38. The highest BCUT2D eigenvalue weighted by Crippen LogP contribution is 2.21. The Morgan fingerprint density at radius 2 is 2.29 bits per heavy atom. The molecule has 1 aromatic heterocycles. The van der Waals surface area contributed by atoms with Crippen LogP contribution in [0.2, 0.25) is 0 Å². The van der Waals surface area contributed by atoms with Crippen molar-refractivity contribution < 1.29 is 8.42 Å². The fourth-order valence-electron chi connectivity index (χ4n) is 2.72. The van der Waals surface area contributed by atoms with Gasteiger partial charge in [0.15, 0.2) is 0 Å². The van der Waals surface area contributed by atoms with Crippen molar-refractivity contribution in [2.24, 2.45) is 0 Å². The monoisotopic (exact) mass is 312 g/mol. The van der Waals surface area contributed by atoms with Crippen molar-refractivity contribution in [1.29, 1.82) is 0 Å². The van der Waals surface area contributed by atoms with E-state index in [0.717, 1.165) is 24.8 Å². The number of hydrogen-bond donors (Lipinski definition) is 2. The van der Waals surface area contributed by atoms with Crippen LogP contribution in [0.25, 0.3) is 0 Å². The Hall–Kier alpha value is -1.02. The van der Waals surface area contributed by atoms with E-state index in [1.165, 1.54) is 0 Å². The van der Waals surface area contributed by atoms with Gasteiger partial charge in [-0.25, -0.2) is 0 Å². The lowest BCUT2D eigenvalue weighted by atomic mass is 10.1. The molecule has 1 saturated heterocycles. The van der Waals surface area contributed by atoms with Crippen LogP contribution in [-0.4, -0.2) is 43.9 Å². The van der Waals surface area contributed by atoms with Crippen molar-refractivity contribution in [1.82, 2.24) is 19.3 Å². The molecule has 6 nitrogen and oxygen atoms in total. The summed E-state index contributed by atoms with van der Waals surface area (Å²) in [6.45, 7) is 3.11. The van der Waals surface area contributed by atoms with E-state index in [2.05, 4.69) is 15.0 Å². The minimum Gasteiger partial charge on any atom is -0.318 e. The van der Waals surface area contributed by atoms with E-state index < -0.39 is 10.2 Å². The maximum Gasteiger partial charge on any atom is 0.280 e. The number of hydrogen-bond acceptors (Lipinski definition) is 4. The topological polar surface area (TPSA) is 74.3 Å². The molecule has 1 aromatic rings. The molecule has 0 aromatic carbocycles. The quantitative estimate of drug-likeness (QED) is 0.823. The molecule has 0 spiro atoms. The summed E-state index contributed by atoms with van der Waals surface area (Å²) < 4.78 is 29.6. The van der Waals surface area contributed by atoms with Gasteiger partial charge < -0.3 is 5.32 Å². The van der Waals surface area contributed by atoms with E-state index in [4.69, 9.17) is 0 Å². The van der Waals surface area contributed by atoms with Crippen LogP contribution < -0.4 is 10.0 Å². The van der Waals surface area contributed by atoms with Crippen molar-refractivity contribution in [3.63, 3.8) is 0 Å². The van der Waals surface area contributed by atoms with E-state index in [9.17, 15) is 8.42 Å². The molecule has 0 bridgehead atoms. The molecule has 21 heavy (non-hydrogen) atoms. The van der Waals surface area contributed by atoms with Crippen molar-refractivity contribution in [2.75, 3.05) is 20.1 Å².